The van der Waals surface area contributed by atoms with E-state index in [4.69, 9.17) is 4.74 Å². The summed E-state index contributed by atoms with van der Waals surface area (Å²) in [5.41, 5.74) is 2.06. The van der Waals surface area contributed by atoms with E-state index in [9.17, 15) is 9.59 Å². The molecule has 1 aromatic carbocycles. The Kier molecular flexibility index (Phi) is 5.31. The average molecular weight is 246 g/mol. The maximum absolute atomic E-state index is 11.5. The normalized spacial score (nSPS) is 10.9. The molecule has 0 spiro atoms. The number of esters is 1. The molecule has 0 aliphatic carbocycles. The van der Waals surface area contributed by atoms with Gasteiger partial charge in [-0.25, -0.2) is 0 Å². The van der Waals surface area contributed by atoms with Gasteiger partial charge in [0, 0.05) is 0 Å². The fourth-order valence-electron chi connectivity index (χ4n) is 1.46. The topological polar surface area (TPSA) is 43.4 Å². The number of hydrogen-bond donors (Lipinski definition) is 0. The van der Waals surface area contributed by atoms with E-state index >= 15 is 0 Å². The summed E-state index contributed by atoms with van der Waals surface area (Å²) < 4.78 is 4.90. The van der Waals surface area contributed by atoms with Crippen LogP contribution in [-0.4, -0.2) is 17.9 Å². The van der Waals surface area contributed by atoms with Crippen molar-refractivity contribution in [2.75, 3.05) is 0 Å². The Balaban J connectivity index is 2.55. The van der Waals surface area contributed by atoms with Crippen LogP contribution < -0.4 is 0 Å². The molecule has 0 saturated heterocycles. The molecular formula is C15H18O3. The van der Waals surface area contributed by atoms with Crippen molar-refractivity contribution in [2.45, 2.75) is 33.3 Å². The predicted octanol–water partition coefficient (Wildman–Crippen LogP) is 2.92. The summed E-state index contributed by atoms with van der Waals surface area (Å²) in [5, 5.41) is 0. The van der Waals surface area contributed by atoms with Crippen LogP contribution in [0.2, 0.25) is 0 Å². The van der Waals surface area contributed by atoms with Gasteiger partial charge in [-0.2, -0.15) is 0 Å². The molecule has 1 rings (SSSR count). The van der Waals surface area contributed by atoms with Crippen molar-refractivity contribution in [2.24, 2.45) is 0 Å². The second-order valence-corrected chi connectivity index (χ2v) is 4.37. The molecule has 1 aromatic rings. The van der Waals surface area contributed by atoms with E-state index in [1.165, 1.54) is 6.08 Å². The minimum atomic E-state index is -0.482. The second kappa shape index (κ2) is 6.74. The molecule has 3 nitrogen and oxygen atoms in total. The molecule has 0 saturated carbocycles. The Labute approximate surface area is 107 Å². The number of benzene rings is 1. The van der Waals surface area contributed by atoms with Gasteiger partial charge in [-0.05, 0) is 38.0 Å². The summed E-state index contributed by atoms with van der Waals surface area (Å²) in [6.07, 6.45) is 2.75. The molecule has 0 atom stereocenters. The van der Waals surface area contributed by atoms with Crippen molar-refractivity contribution in [1.82, 2.24) is 0 Å². The zero-order chi connectivity index (χ0) is 13.5. The van der Waals surface area contributed by atoms with E-state index in [0.717, 1.165) is 11.1 Å². The lowest BCUT2D eigenvalue weighted by atomic mass is 10.1. The third kappa shape index (κ3) is 4.95. The number of carbonyl (C=O) groups excluding carboxylic acids is 2. The number of carbonyl (C=O) groups is 2. The van der Waals surface area contributed by atoms with Gasteiger partial charge in [0.15, 0.2) is 5.78 Å². The molecule has 0 bridgehead atoms. The van der Waals surface area contributed by atoms with E-state index in [1.54, 1.807) is 19.9 Å². The lowest BCUT2D eigenvalue weighted by molar-refractivity contribution is -0.148. The average Bonchev–Trinajstić information content (AvgIpc) is 2.26. The van der Waals surface area contributed by atoms with Gasteiger partial charge < -0.3 is 4.74 Å². The fraction of sp³-hybridized carbons (Fsp3) is 0.333. The number of ketones is 1. The molecule has 0 unspecified atom stereocenters. The van der Waals surface area contributed by atoms with Gasteiger partial charge in [0.1, 0.15) is 6.42 Å². The quantitative estimate of drug-likeness (QED) is 0.456. The first kappa shape index (κ1) is 14.2. The van der Waals surface area contributed by atoms with E-state index < -0.39 is 5.97 Å². The van der Waals surface area contributed by atoms with Crippen molar-refractivity contribution in [3.05, 3.63) is 41.5 Å². The maximum Gasteiger partial charge on any atom is 0.313 e. The van der Waals surface area contributed by atoms with E-state index in [0.29, 0.717) is 0 Å². The summed E-state index contributed by atoms with van der Waals surface area (Å²) in [5.74, 6) is -0.728. The lowest BCUT2D eigenvalue weighted by Gasteiger charge is -2.05. The molecule has 0 heterocycles. The molecule has 0 aliphatic rings. The smallest absolute Gasteiger partial charge is 0.313 e. The zero-order valence-electron chi connectivity index (χ0n) is 11.0. The third-order valence-corrected chi connectivity index (χ3v) is 2.32. The first-order valence-corrected chi connectivity index (χ1v) is 5.95. The minimum absolute atomic E-state index is 0.189. The first-order chi connectivity index (χ1) is 8.49. The Morgan fingerprint density at radius 3 is 2.56 bits per heavy atom. The highest BCUT2D eigenvalue weighted by Crippen LogP contribution is 2.09. The van der Waals surface area contributed by atoms with E-state index in [1.807, 2.05) is 31.2 Å². The summed E-state index contributed by atoms with van der Waals surface area (Å²) in [6, 6.07) is 7.74. The largest absolute Gasteiger partial charge is 0.463 e. The van der Waals surface area contributed by atoms with Crippen LogP contribution >= 0.6 is 0 Å². The maximum atomic E-state index is 11.5. The molecule has 18 heavy (non-hydrogen) atoms. The third-order valence-electron chi connectivity index (χ3n) is 2.32. The molecule has 0 aromatic heterocycles. The van der Waals surface area contributed by atoms with Crippen molar-refractivity contribution >= 4 is 17.8 Å². The van der Waals surface area contributed by atoms with E-state index in [2.05, 4.69) is 0 Å². The van der Waals surface area contributed by atoms with Gasteiger partial charge in [-0.15, -0.1) is 0 Å². The molecule has 0 radical (unpaired) electrons. The Hall–Kier alpha value is -1.90. The predicted molar refractivity (Wildman–Crippen MR) is 71.1 cm³/mol. The van der Waals surface area contributed by atoms with Crippen LogP contribution in [0.25, 0.3) is 6.08 Å². The highest BCUT2D eigenvalue weighted by atomic mass is 16.5. The number of hydrogen-bond acceptors (Lipinski definition) is 3. The van der Waals surface area contributed by atoms with Gasteiger partial charge in [0.25, 0.3) is 0 Å². The van der Waals surface area contributed by atoms with Crippen LogP contribution in [0.5, 0.6) is 0 Å². The number of aryl methyl sites for hydroxylation is 1. The molecular weight excluding hydrogens is 228 g/mol. The van der Waals surface area contributed by atoms with Gasteiger partial charge >= 0.3 is 5.97 Å². The molecule has 0 fully saturated rings. The fourth-order valence-corrected chi connectivity index (χ4v) is 1.46. The Morgan fingerprint density at radius 2 is 1.94 bits per heavy atom. The van der Waals surface area contributed by atoms with Crippen LogP contribution in [0.4, 0.5) is 0 Å². The number of rotatable bonds is 5. The first-order valence-electron chi connectivity index (χ1n) is 5.95. The summed E-state index contributed by atoms with van der Waals surface area (Å²) >= 11 is 0. The lowest BCUT2D eigenvalue weighted by Crippen LogP contribution is -2.14. The molecule has 96 valence electrons. The molecule has 0 aliphatic heterocycles. The van der Waals surface area contributed by atoms with Gasteiger partial charge in [0.2, 0.25) is 0 Å². The van der Waals surface area contributed by atoms with Gasteiger partial charge in [0.05, 0.1) is 6.10 Å². The number of allylic oxidation sites excluding steroid dienone is 1. The monoisotopic (exact) mass is 246 g/mol. The standard InChI is InChI=1S/C15H18O3/c1-11(2)18-15(17)10-14(16)9-8-13-7-5-4-6-12(13)3/h4-9,11H,10H2,1-3H3. The van der Waals surface area contributed by atoms with Gasteiger partial charge in [-0.3, -0.25) is 9.59 Å². The van der Waals surface area contributed by atoms with Crippen LogP contribution in [0.15, 0.2) is 30.3 Å². The van der Waals surface area contributed by atoms with Crippen LogP contribution in [-0.2, 0) is 14.3 Å². The SMILES string of the molecule is Cc1ccccc1C=CC(=O)CC(=O)OC(C)C. The van der Waals surface area contributed by atoms with Crippen molar-refractivity contribution in [3.8, 4) is 0 Å². The molecule has 0 N–H and O–H groups in total. The van der Waals surface area contributed by atoms with Crippen LogP contribution in [0.3, 0.4) is 0 Å². The Bertz CT molecular complexity index is 459. The molecule has 0 amide bonds. The highest BCUT2D eigenvalue weighted by molar-refractivity contribution is 6.04. The van der Waals surface area contributed by atoms with Crippen molar-refractivity contribution < 1.29 is 14.3 Å². The number of ether oxygens (including phenoxy) is 1. The molecule has 3 heteroatoms. The summed E-state index contributed by atoms with van der Waals surface area (Å²) in [7, 11) is 0. The Morgan fingerprint density at radius 1 is 1.28 bits per heavy atom. The van der Waals surface area contributed by atoms with Crippen LogP contribution in [0.1, 0.15) is 31.4 Å². The minimum Gasteiger partial charge on any atom is -0.463 e. The highest BCUT2D eigenvalue weighted by Gasteiger charge is 2.09. The zero-order valence-corrected chi connectivity index (χ0v) is 11.0. The van der Waals surface area contributed by atoms with E-state index in [-0.39, 0.29) is 18.3 Å². The second-order valence-electron chi connectivity index (χ2n) is 4.37. The van der Waals surface area contributed by atoms with Crippen molar-refractivity contribution in [1.29, 1.82) is 0 Å². The van der Waals surface area contributed by atoms with Crippen LogP contribution in [0, 0.1) is 6.92 Å². The summed E-state index contributed by atoms with van der Waals surface area (Å²) in [6.45, 7) is 5.48. The van der Waals surface area contributed by atoms with Crippen molar-refractivity contribution in [3.63, 3.8) is 0 Å². The van der Waals surface area contributed by atoms with Gasteiger partial charge in [-0.1, -0.05) is 30.3 Å². The summed E-state index contributed by atoms with van der Waals surface area (Å²) in [4.78, 5) is 22.8.